The van der Waals surface area contributed by atoms with Gasteiger partial charge < -0.3 is 20.1 Å². The van der Waals surface area contributed by atoms with Crippen LogP contribution in [0.1, 0.15) is 36.2 Å². The summed E-state index contributed by atoms with van der Waals surface area (Å²) in [5.41, 5.74) is 4.00. The number of hydrogen-bond acceptors (Lipinski definition) is 6. The number of aromatic amines is 1. The smallest absolute Gasteiger partial charge is 0.270 e. The van der Waals surface area contributed by atoms with Gasteiger partial charge in [0.2, 0.25) is 5.95 Å². The van der Waals surface area contributed by atoms with E-state index in [0.29, 0.717) is 17.7 Å². The highest BCUT2D eigenvalue weighted by molar-refractivity contribution is 5.98. The lowest BCUT2D eigenvalue weighted by molar-refractivity contribution is 0.0639. The zero-order chi connectivity index (χ0) is 23.6. The number of fused-ring (bicyclic) bond motifs is 1. The minimum atomic E-state index is 0.0852. The molecule has 0 radical (unpaired) electrons. The standard InChI is InChI=1S/C27H29N7O/c35-26(34-15-9-21(10-16-34)33-13-3-4-14-33)25-18-19-17-20(6-7-22(19)31-25)30-27-29-12-8-24(32-27)23-5-1-2-11-28-23/h1-2,5-8,11-12,17-18,21,31H,3-4,9-10,13-16H2,(H,29,30,32). The van der Waals surface area contributed by atoms with E-state index in [1.165, 1.54) is 25.9 Å². The van der Waals surface area contributed by atoms with Crippen molar-refractivity contribution in [2.24, 2.45) is 0 Å². The van der Waals surface area contributed by atoms with E-state index in [9.17, 15) is 4.79 Å². The molecular weight excluding hydrogens is 438 g/mol. The Morgan fingerprint density at radius 3 is 2.57 bits per heavy atom. The number of carbonyl (C=O) groups excluding carboxylic acids is 1. The molecule has 3 aromatic heterocycles. The largest absolute Gasteiger partial charge is 0.351 e. The van der Waals surface area contributed by atoms with Crippen LogP contribution in [0.5, 0.6) is 0 Å². The first-order valence-corrected chi connectivity index (χ1v) is 12.4. The maximum Gasteiger partial charge on any atom is 0.270 e. The van der Waals surface area contributed by atoms with Crippen molar-refractivity contribution in [3.63, 3.8) is 0 Å². The van der Waals surface area contributed by atoms with Crippen molar-refractivity contribution in [1.82, 2.24) is 29.7 Å². The molecule has 35 heavy (non-hydrogen) atoms. The fourth-order valence-corrected chi connectivity index (χ4v) is 5.24. The van der Waals surface area contributed by atoms with Crippen molar-refractivity contribution in [2.75, 3.05) is 31.5 Å². The predicted molar refractivity (Wildman–Crippen MR) is 137 cm³/mol. The van der Waals surface area contributed by atoms with E-state index in [4.69, 9.17) is 0 Å². The molecule has 4 aromatic rings. The second-order valence-corrected chi connectivity index (χ2v) is 9.36. The number of likely N-dealkylation sites (tertiary alicyclic amines) is 2. The highest BCUT2D eigenvalue weighted by Gasteiger charge is 2.29. The number of amides is 1. The van der Waals surface area contributed by atoms with Gasteiger partial charge in [0.25, 0.3) is 5.91 Å². The molecule has 1 aromatic carbocycles. The van der Waals surface area contributed by atoms with Crippen LogP contribution in [0.25, 0.3) is 22.3 Å². The number of rotatable bonds is 5. The van der Waals surface area contributed by atoms with Crippen LogP contribution in [0.4, 0.5) is 11.6 Å². The van der Waals surface area contributed by atoms with Crippen LogP contribution in [0.2, 0.25) is 0 Å². The van der Waals surface area contributed by atoms with E-state index in [-0.39, 0.29) is 5.91 Å². The van der Waals surface area contributed by atoms with Crippen molar-refractivity contribution in [3.8, 4) is 11.4 Å². The molecule has 2 N–H and O–H groups in total. The normalized spacial score (nSPS) is 17.2. The molecule has 0 saturated carbocycles. The molecule has 0 unspecified atom stereocenters. The molecule has 2 fully saturated rings. The Balaban J connectivity index is 1.14. The van der Waals surface area contributed by atoms with E-state index in [1.807, 2.05) is 53.4 Å². The van der Waals surface area contributed by atoms with Gasteiger partial charge in [-0.15, -0.1) is 0 Å². The third-order valence-corrected chi connectivity index (χ3v) is 7.10. The minimum absolute atomic E-state index is 0.0852. The van der Waals surface area contributed by atoms with Gasteiger partial charge in [0.15, 0.2) is 0 Å². The zero-order valence-electron chi connectivity index (χ0n) is 19.7. The number of H-pyrrole nitrogens is 1. The molecule has 8 nitrogen and oxygen atoms in total. The Kier molecular flexibility index (Phi) is 5.88. The summed E-state index contributed by atoms with van der Waals surface area (Å²) in [4.78, 5) is 34.4. The number of piperidine rings is 1. The van der Waals surface area contributed by atoms with Gasteiger partial charge >= 0.3 is 0 Å². The Labute approximate surface area is 204 Å². The summed E-state index contributed by atoms with van der Waals surface area (Å²) in [5.74, 6) is 0.585. The van der Waals surface area contributed by atoms with Crippen molar-refractivity contribution < 1.29 is 4.79 Å². The molecule has 8 heteroatoms. The van der Waals surface area contributed by atoms with Crippen LogP contribution in [0, 0.1) is 0 Å². The summed E-state index contributed by atoms with van der Waals surface area (Å²) in [6, 6.07) is 16.1. The Bertz CT molecular complexity index is 1320. The number of carbonyl (C=O) groups is 1. The molecule has 0 aliphatic carbocycles. The summed E-state index contributed by atoms with van der Waals surface area (Å²) < 4.78 is 0. The maximum atomic E-state index is 13.2. The van der Waals surface area contributed by atoms with Crippen LogP contribution in [0.3, 0.4) is 0 Å². The maximum absolute atomic E-state index is 13.2. The first-order valence-electron chi connectivity index (χ1n) is 12.4. The number of nitrogens with one attached hydrogen (secondary N) is 2. The molecule has 0 atom stereocenters. The van der Waals surface area contributed by atoms with Gasteiger partial charge in [-0.2, -0.15) is 0 Å². The quantitative estimate of drug-likeness (QED) is 0.450. The second kappa shape index (κ2) is 9.46. The van der Waals surface area contributed by atoms with E-state index < -0.39 is 0 Å². The van der Waals surface area contributed by atoms with Crippen LogP contribution >= 0.6 is 0 Å². The minimum Gasteiger partial charge on any atom is -0.351 e. The van der Waals surface area contributed by atoms with Crippen molar-refractivity contribution in [3.05, 3.63) is 66.6 Å². The van der Waals surface area contributed by atoms with Crippen LogP contribution < -0.4 is 5.32 Å². The molecule has 178 valence electrons. The van der Waals surface area contributed by atoms with Gasteiger partial charge in [-0.05, 0) is 81.2 Å². The number of nitrogens with zero attached hydrogens (tertiary/aromatic N) is 5. The van der Waals surface area contributed by atoms with E-state index in [1.54, 1.807) is 12.4 Å². The third kappa shape index (κ3) is 4.61. The Hall–Kier alpha value is -3.78. The fraction of sp³-hybridized carbons (Fsp3) is 0.333. The molecule has 2 aliphatic heterocycles. The van der Waals surface area contributed by atoms with Crippen molar-refractivity contribution in [2.45, 2.75) is 31.7 Å². The number of pyridine rings is 1. The number of benzene rings is 1. The molecule has 0 bridgehead atoms. The Morgan fingerprint density at radius 2 is 1.77 bits per heavy atom. The number of anilines is 2. The molecule has 2 aliphatic rings. The highest BCUT2D eigenvalue weighted by Crippen LogP contribution is 2.25. The van der Waals surface area contributed by atoms with Gasteiger partial charge in [0, 0.05) is 48.1 Å². The first-order chi connectivity index (χ1) is 17.2. The Morgan fingerprint density at radius 1 is 0.914 bits per heavy atom. The second-order valence-electron chi connectivity index (χ2n) is 9.36. The number of hydrogen-bond donors (Lipinski definition) is 2. The van der Waals surface area contributed by atoms with Gasteiger partial charge in [-0.3, -0.25) is 9.78 Å². The third-order valence-electron chi connectivity index (χ3n) is 7.10. The summed E-state index contributed by atoms with van der Waals surface area (Å²) in [6.07, 6.45) is 8.23. The lowest BCUT2D eigenvalue weighted by Crippen LogP contribution is -2.46. The van der Waals surface area contributed by atoms with Gasteiger partial charge in [-0.25, -0.2) is 9.97 Å². The van der Waals surface area contributed by atoms with Crippen molar-refractivity contribution in [1.29, 1.82) is 0 Å². The number of aromatic nitrogens is 4. The van der Waals surface area contributed by atoms with Gasteiger partial charge in [0.05, 0.1) is 11.4 Å². The lowest BCUT2D eigenvalue weighted by atomic mass is 10.0. The van der Waals surface area contributed by atoms with Crippen molar-refractivity contribution >= 4 is 28.4 Å². The molecule has 5 heterocycles. The summed E-state index contributed by atoms with van der Waals surface area (Å²) >= 11 is 0. The van der Waals surface area contributed by atoms with Gasteiger partial charge in [-0.1, -0.05) is 6.07 Å². The van der Waals surface area contributed by atoms with Crippen LogP contribution in [0.15, 0.2) is 60.9 Å². The average Bonchev–Trinajstić information content (AvgIpc) is 3.59. The molecular formula is C27H29N7O. The fourth-order valence-electron chi connectivity index (χ4n) is 5.24. The van der Waals surface area contributed by atoms with Crippen LogP contribution in [-0.2, 0) is 0 Å². The topological polar surface area (TPSA) is 90.0 Å². The summed E-state index contributed by atoms with van der Waals surface area (Å²) in [7, 11) is 0. The highest BCUT2D eigenvalue weighted by atomic mass is 16.2. The monoisotopic (exact) mass is 467 g/mol. The zero-order valence-corrected chi connectivity index (χ0v) is 19.7. The molecule has 1 amide bonds. The predicted octanol–water partition coefficient (Wildman–Crippen LogP) is 4.46. The van der Waals surface area contributed by atoms with E-state index in [2.05, 4.69) is 30.2 Å². The summed E-state index contributed by atoms with van der Waals surface area (Å²) in [6.45, 7) is 4.09. The van der Waals surface area contributed by atoms with E-state index in [0.717, 1.165) is 53.9 Å². The lowest BCUT2D eigenvalue weighted by Gasteiger charge is -2.36. The van der Waals surface area contributed by atoms with Crippen LogP contribution in [-0.4, -0.2) is 67.9 Å². The summed E-state index contributed by atoms with van der Waals surface area (Å²) in [5, 5.41) is 4.25. The molecule has 0 spiro atoms. The van der Waals surface area contributed by atoms with E-state index >= 15 is 0 Å². The molecule has 2 saturated heterocycles. The average molecular weight is 468 g/mol. The SMILES string of the molecule is O=C(c1cc2cc(Nc3nccc(-c4ccccn4)n3)ccc2[nH]1)N1CCC(N2CCCC2)CC1. The molecule has 6 rings (SSSR count). The van der Waals surface area contributed by atoms with Gasteiger partial charge in [0.1, 0.15) is 5.69 Å². The first kappa shape index (κ1) is 21.7.